The molecule has 1 aliphatic heterocycles. The van der Waals surface area contributed by atoms with Crippen LogP contribution in [0.5, 0.6) is 0 Å². The van der Waals surface area contributed by atoms with Gasteiger partial charge >= 0.3 is 0 Å². The first-order chi connectivity index (χ1) is 12.2. The molecule has 1 aliphatic rings. The predicted octanol–water partition coefficient (Wildman–Crippen LogP) is 1.51. The van der Waals surface area contributed by atoms with E-state index < -0.39 is 9.84 Å². The van der Waals surface area contributed by atoms with Gasteiger partial charge in [0.05, 0.1) is 11.5 Å². The second kappa shape index (κ2) is 8.62. The van der Waals surface area contributed by atoms with Crippen LogP contribution in [0.3, 0.4) is 0 Å². The van der Waals surface area contributed by atoms with Gasteiger partial charge in [0.1, 0.15) is 11.4 Å². The molecule has 0 aliphatic carbocycles. The SMILES string of the molecule is CCN(C(=O)c1cccc(C(=O)NCCC(C)C)n1)C1CCS(=O)(=O)C1. The monoisotopic (exact) mass is 381 g/mol. The van der Waals surface area contributed by atoms with E-state index in [1.54, 1.807) is 18.2 Å². The Kier molecular flexibility index (Phi) is 6.75. The van der Waals surface area contributed by atoms with Gasteiger partial charge in [-0.1, -0.05) is 19.9 Å². The normalized spacial score (nSPS) is 18.7. The van der Waals surface area contributed by atoms with Gasteiger partial charge < -0.3 is 10.2 Å². The van der Waals surface area contributed by atoms with E-state index in [2.05, 4.69) is 24.1 Å². The van der Waals surface area contributed by atoms with E-state index in [0.29, 0.717) is 25.4 Å². The average molecular weight is 381 g/mol. The highest BCUT2D eigenvalue weighted by atomic mass is 32.2. The van der Waals surface area contributed by atoms with Crippen LogP contribution in [0.15, 0.2) is 18.2 Å². The minimum absolute atomic E-state index is 0.0119. The first kappa shape index (κ1) is 20.4. The molecule has 2 amide bonds. The highest BCUT2D eigenvalue weighted by molar-refractivity contribution is 7.91. The number of hydrogen-bond donors (Lipinski definition) is 1. The van der Waals surface area contributed by atoms with E-state index in [4.69, 9.17) is 0 Å². The van der Waals surface area contributed by atoms with Crippen molar-refractivity contribution in [2.24, 2.45) is 5.92 Å². The summed E-state index contributed by atoms with van der Waals surface area (Å²) in [5.41, 5.74) is 0.349. The number of amides is 2. The van der Waals surface area contributed by atoms with Gasteiger partial charge in [0.25, 0.3) is 11.8 Å². The summed E-state index contributed by atoms with van der Waals surface area (Å²) in [6.07, 6.45) is 1.31. The Balaban J connectivity index is 2.10. The Morgan fingerprint density at radius 2 is 2.00 bits per heavy atom. The fourth-order valence-corrected chi connectivity index (χ4v) is 4.71. The quantitative estimate of drug-likeness (QED) is 0.772. The van der Waals surface area contributed by atoms with Crippen molar-refractivity contribution in [3.05, 3.63) is 29.6 Å². The van der Waals surface area contributed by atoms with Gasteiger partial charge in [-0.2, -0.15) is 0 Å². The summed E-state index contributed by atoms with van der Waals surface area (Å²) < 4.78 is 23.4. The maximum absolute atomic E-state index is 12.8. The zero-order valence-electron chi connectivity index (χ0n) is 15.6. The third kappa shape index (κ3) is 5.27. The molecule has 0 aromatic carbocycles. The minimum atomic E-state index is -3.08. The second-order valence-electron chi connectivity index (χ2n) is 6.99. The molecule has 0 spiro atoms. The number of carbonyl (C=O) groups is 2. The van der Waals surface area contributed by atoms with E-state index >= 15 is 0 Å². The molecule has 1 unspecified atom stereocenters. The first-order valence-corrected chi connectivity index (χ1v) is 10.8. The van der Waals surface area contributed by atoms with Crippen molar-refractivity contribution < 1.29 is 18.0 Å². The summed E-state index contributed by atoms with van der Waals surface area (Å²) in [4.78, 5) is 30.7. The molecule has 0 radical (unpaired) electrons. The largest absolute Gasteiger partial charge is 0.351 e. The third-order valence-corrected chi connectivity index (χ3v) is 6.21. The summed E-state index contributed by atoms with van der Waals surface area (Å²) in [6.45, 7) is 6.91. The second-order valence-corrected chi connectivity index (χ2v) is 9.22. The zero-order valence-corrected chi connectivity index (χ0v) is 16.4. The lowest BCUT2D eigenvalue weighted by Gasteiger charge is -2.26. The van der Waals surface area contributed by atoms with Gasteiger partial charge in [-0.3, -0.25) is 9.59 Å². The van der Waals surface area contributed by atoms with Gasteiger partial charge in [-0.25, -0.2) is 13.4 Å². The van der Waals surface area contributed by atoms with E-state index in [9.17, 15) is 18.0 Å². The molecular weight excluding hydrogens is 354 g/mol. The molecule has 2 rings (SSSR count). The fraction of sp³-hybridized carbons (Fsp3) is 0.611. The Bertz CT molecular complexity index is 761. The average Bonchev–Trinajstić information content (AvgIpc) is 2.94. The number of carbonyl (C=O) groups excluding carboxylic acids is 2. The van der Waals surface area contributed by atoms with Gasteiger partial charge in [0.2, 0.25) is 0 Å². The summed E-state index contributed by atoms with van der Waals surface area (Å²) in [5.74, 6) is -0.0787. The molecule has 1 saturated heterocycles. The number of sulfone groups is 1. The van der Waals surface area contributed by atoms with Gasteiger partial charge in [-0.05, 0) is 37.8 Å². The van der Waals surface area contributed by atoms with Crippen molar-refractivity contribution >= 4 is 21.7 Å². The van der Waals surface area contributed by atoms with Crippen LogP contribution in [0.25, 0.3) is 0 Å². The molecule has 8 heteroatoms. The molecule has 0 saturated carbocycles. The van der Waals surface area contributed by atoms with E-state index in [0.717, 1.165) is 6.42 Å². The molecule has 1 aromatic heterocycles. The molecule has 1 N–H and O–H groups in total. The Morgan fingerprint density at radius 1 is 1.31 bits per heavy atom. The third-order valence-electron chi connectivity index (χ3n) is 4.46. The highest BCUT2D eigenvalue weighted by Crippen LogP contribution is 2.19. The molecule has 0 bridgehead atoms. The fourth-order valence-electron chi connectivity index (χ4n) is 2.98. The number of rotatable bonds is 7. The van der Waals surface area contributed by atoms with Crippen molar-refractivity contribution in [3.8, 4) is 0 Å². The molecule has 1 atom stereocenters. The predicted molar refractivity (Wildman–Crippen MR) is 99.8 cm³/mol. The van der Waals surface area contributed by atoms with Crippen molar-refractivity contribution in [2.45, 2.75) is 39.7 Å². The van der Waals surface area contributed by atoms with Crippen molar-refractivity contribution in [1.82, 2.24) is 15.2 Å². The Hall–Kier alpha value is -1.96. The standard InChI is InChI=1S/C18H27N3O4S/c1-4-21(14-9-11-26(24,25)12-14)18(23)16-7-5-6-15(20-16)17(22)19-10-8-13(2)3/h5-7,13-14H,4,8-12H2,1-3H3,(H,19,22). The number of nitrogens with zero attached hydrogens (tertiary/aromatic N) is 2. The first-order valence-electron chi connectivity index (χ1n) is 9.00. The maximum atomic E-state index is 12.8. The number of pyridine rings is 1. The zero-order chi connectivity index (χ0) is 19.3. The summed E-state index contributed by atoms with van der Waals surface area (Å²) in [7, 11) is -3.08. The Morgan fingerprint density at radius 3 is 2.58 bits per heavy atom. The molecule has 1 fully saturated rings. The van der Waals surface area contributed by atoms with Crippen molar-refractivity contribution in [1.29, 1.82) is 0 Å². The number of nitrogens with one attached hydrogen (secondary N) is 1. The van der Waals surface area contributed by atoms with Crippen molar-refractivity contribution in [2.75, 3.05) is 24.6 Å². The van der Waals surface area contributed by atoms with Crippen LogP contribution in [0, 0.1) is 5.92 Å². The van der Waals surface area contributed by atoms with E-state index in [1.807, 2.05) is 6.92 Å². The summed E-state index contributed by atoms with van der Waals surface area (Å²) in [5, 5.41) is 2.80. The molecule has 144 valence electrons. The van der Waals surface area contributed by atoms with Crippen LogP contribution >= 0.6 is 0 Å². The molecule has 2 heterocycles. The van der Waals surface area contributed by atoms with E-state index in [-0.39, 0.29) is 40.7 Å². The molecule has 26 heavy (non-hydrogen) atoms. The molecule has 7 nitrogen and oxygen atoms in total. The van der Waals surface area contributed by atoms with Crippen LogP contribution in [-0.4, -0.2) is 60.8 Å². The van der Waals surface area contributed by atoms with Crippen LogP contribution in [0.1, 0.15) is 54.6 Å². The summed E-state index contributed by atoms with van der Waals surface area (Å²) in [6, 6.07) is 4.41. The molecule has 1 aromatic rings. The summed E-state index contributed by atoms with van der Waals surface area (Å²) >= 11 is 0. The smallest absolute Gasteiger partial charge is 0.272 e. The lowest BCUT2D eigenvalue weighted by Crippen LogP contribution is -2.41. The highest BCUT2D eigenvalue weighted by Gasteiger charge is 2.34. The van der Waals surface area contributed by atoms with Gasteiger partial charge in [0.15, 0.2) is 9.84 Å². The van der Waals surface area contributed by atoms with E-state index in [1.165, 1.54) is 4.90 Å². The number of aromatic nitrogens is 1. The lowest BCUT2D eigenvalue weighted by atomic mass is 10.1. The van der Waals surface area contributed by atoms with Crippen LogP contribution in [-0.2, 0) is 9.84 Å². The topological polar surface area (TPSA) is 96.4 Å². The molecular formula is C18H27N3O4S. The maximum Gasteiger partial charge on any atom is 0.272 e. The van der Waals surface area contributed by atoms with Crippen molar-refractivity contribution in [3.63, 3.8) is 0 Å². The number of hydrogen-bond acceptors (Lipinski definition) is 5. The van der Waals surface area contributed by atoms with Crippen LogP contribution in [0.2, 0.25) is 0 Å². The van der Waals surface area contributed by atoms with Crippen LogP contribution < -0.4 is 5.32 Å². The van der Waals surface area contributed by atoms with Gasteiger partial charge in [-0.15, -0.1) is 0 Å². The Labute approximate surface area is 155 Å². The van der Waals surface area contributed by atoms with Gasteiger partial charge in [0, 0.05) is 19.1 Å². The van der Waals surface area contributed by atoms with Crippen LogP contribution in [0.4, 0.5) is 0 Å². The minimum Gasteiger partial charge on any atom is -0.351 e. The lowest BCUT2D eigenvalue weighted by molar-refractivity contribution is 0.0702.